The maximum Gasteiger partial charge on any atom is 0.416 e. The second-order valence-corrected chi connectivity index (χ2v) is 4.21. The average molecular weight is 308 g/mol. The van der Waals surface area contributed by atoms with Crippen molar-refractivity contribution in [3.05, 3.63) is 17.7 Å². The van der Waals surface area contributed by atoms with Crippen molar-refractivity contribution in [1.82, 2.24) is 4.98 Å². The molecule has 0 fully saturated rings. The van der Waals surface area contributed by atoms with Crippen LogP contribution >= 0.6 is 0 Å². The molecule has 9 heteroatoms. The van der Waals surface area contributed by atoms with Gasteiger partial charge in [0.1, 0.15) is 11.6 Å². The molecule has 0 atom stereocenters. The summed E-state index contributed by atoms with van der Waals surface area (Å²) in [4.78, 5) is 5.69. The molecule has 0 aromatic carbocycles. The second-order valence-electron chi connectivity index (χ2n) is 4.21. The van der Waals surface area contributed by atoms with Gasteiger partial charge in [0.05, 0.1) is 18.8 Å². The van der Waals surface area contributed by atoms with Gasteiger partial charge in [-0.05, 0) is 12.1 Å². The highest BCUT2D eigenvalue weighted by Crippen LogP contribution is 2.32. The number of hydrogen-bond acceptors (Lipinski definition) is 6. The summed E-state index contributed by atoms with van der Waals surface area (Å²) >= 11 is 0. The van der Waals surface area contributed by atoms with E-state index in [-0.39, 0.29) is 11.6 Å². The van der Waals surface area contributed by atoms with Crippen molar-refractivity contribution in [3.8, 4) is 0 Å². The lowest BCUT2D eigenvalue weighted by atomic mass is 10.2. The van der Waals surface area contributed by atoms with Crippen LogP contribution in [0.25, 0.3) is 0 Å². The van der Waals surface area contributed by atoms with Gasteiger partial charge in [0, 0.05) is 27.3 Å². The zero-order valence-electron chi connectivity index (χ0n) is 11.9. The quantitative estimate of drug-likeness (QED) is 0.560. The first kappa shape index (κ1) is 17.5. The third-order valence-corrected chi connectivity index (χ3v) is 2.74. The van der Waals surface area contributed by atoms with Crippen molar-refractivity contribution in [2.24, 2.45) is 5.84 Å². The third kappa shape index (κ3) is 5.37. The van der Waals surface area contributed by atoms with E-state index in [0.29, 0.717) is 26.3 Å². The summed E-state index contributed by atoms with van der Waals surface area (Å²) in [7, 11) is 3.03. The number of rotatable bonds is 8. The van der Waals surface area contributed by atoms with Crippen LogP contribution in [0.1, 0.15) is 5.56 Å². The Balaban J connectivity index is 3.09. The van der Waals surface area contributed by atoms with Gasteiger partial charge in [-0.25, -0.2) is 10.8 Å². The van der Waals surface area contributed by atoms with Crippen LogP contribution in [0.15, 0.2) is 12.1 Å². The topological polar surface area (TPSA) is 72.6 Å². The Hall–Kier alpha value is -1.58. The van der Waals surface area contributed by atoms with E-state index in [4.69, 9.17) is 15.3 Å². The van der Waals surface area contributed by atoms with Crippen molar-refractivity contribution < 1.29 is 22.6 Å². The molecule has 120 valence electrons. The van der Waals surface area contributed by atoms with Crippen LogP contribution in [0.2, 0.25) is 0 Å². The first-order chi connectivity index (χ1) is 9.92. The average Bonchev–Trinajstić information content (AvgIpc) is 2.46. The molecule has 0 bridgehead atoms. The van der Waals surface area contributed by atoms with Crippen LogP contribution in [-0.4, -0.2) is 45.5 Å². The largest absolute Gasteiger partial charge is 0.416 e. The minimum Gasteiger partial charge on any atom is -0.383 e. The predicted octanol–water partition coefficient (Wildman–Crippen LogP) is 1.49. The van der Waals surface area contributed by atoms with Gasteiger partial charge in [0.15, 0.2) is 0 Å². The van der Waals surface area contributed by atoms with Crippen LogP contribution in [0.4, 0.5) is 24.8 Å². The summed E-state index contributed by atoms with van der Waals surface area (Å²) in [5.74, 6) is 5.29. The van der Waals surface area contributed by atoms with Crippen molar-refractivity contribution in [3.63, 3.8) is 0 Å². The third-order valence-electron chi connectivity index (χ3n) is 2.74. The van der Waals surface area contributed by atoms with E-state index >= 15 is 0 Å². The van der Waals surface area contributed by atoms with Gasteiger partial charge in [-0.3, -0.25) is 0 Å². The van der Waals surface area contributed by atoms with Gasteiger partial charge < -0.3 is 19.8 Å². The van der Waals surface area contributed by atoms with Gasteiger partial charge in [-0.2, -0.15) is 13.2 Å². The fourth-order valence-corrected chi connectivity index (χ4v) is 1.66. The number of nitrogens with two attached hydrogens (primary N) is 1. The lowest BCUT2D eigenvalue weighted by Crippen LogP contribution is -2.32. The number of halogens is 3. The first-order valence-corrected chi connectivity index (χ1v) is 6.21. The van der Waals surface area contributed by atoms with E-state index in [0.717, 1.165) is 12.1 Å². The summed E-state index contributed by atoms with van der Waals surface area (Å²) < 4.78 is 48.6. The Morgan fingerprint density at radius 2 is 1.76 bits per heavy atom. The highest BCUT2D eigenvalue weighted by Gasteiger charge is 2.32. The number of aromatic nitrogens is 1. The van der Waals surface area contributed by atoms with Crippen LogP contribution < -0.4 is 16.2 Å². The number of alkyl halides is 3. The molecule has 0 radical (unpaired) electrons. The van der Waals surface area contributed by atoms with Crippen LogP contribution in [-0.2, 0) is 15.7 Å². The number of methoxy groups -OCH3 is 2. The monoisotopic (exact) mass is 308 g/mol. The van der Waals surface area contributed by atoms with E-state index in [9.17, 15) is 13.2 Å². The molecule has 0 spiro atoms. The molecule has 0 unspecified atom stereocenters. The molecular formula is C12H19F3N4O2. The van der Waals surface area contributed by atoms with E-state index in [1.165, 1.54) is 14.2 Å². The molecule has 3 N–H and O–H groups in total. The standard InChI is InChI=1S/C12H19F3N4O2/c1-20-5-3-19(4-6-21-2)11-8-9(12(13,14)15)7-10(17-11)18-16/h7-8H,3-6,16H2,1-2H3,(H,17,18). The smallest absolute Gasteiger partial charge is 0.383 e. The van der Waals surface area contributed by atoms with Crippen molar-refractivity contribution >= 4 is 11.6 Å². The molecule has 0 aliphatic rings. The number of pyridine rings is 1. The molecule has 1 rings (SSSR count). The lowest BCUT2D eigenvalue weighted by molar-refractivity contribution is -0.137. The maximum atomic E-state index is 12.9. The minimum absolute atomic E-state index is 0.0559. The molecule has 0 saturated heterocycles. The molecule has 1 heterocycles. The van der Waals surface area contributed by atoms with Gasteiger partial charge in [-0.15, -0.1) is 0 Å². The normalized spacial score (nSPS) is 11.5. The molecule has 1 aromatic heterocycles. The van der Waals surface area contributed by atoms with Crippen LogP contribution in [0.5, 0.6) is 0 Å². The Morgan fingerprint density at radius 3 is 2.19 bits per heavy atom. The number of nitrogens with one attached hydrogen (secondary N) is 1. The Bertz CT molecular complexity index is 435. The van der Waals surface area contributed by atoms with Crippen LogP contribution in [0, 0.1) is 0 Å². The number of hydrogen-bond donors (Lipinski definition) is 2. The van der Waals surface area contributed by atoms with Gasteiger partial charge >= 0.3 is 6.18 Å². The predicted molar refractivity (Wildman–Crippen MR) is 73.0 cm³/mol. The van der Waals surface area contributed by atoms with E-state index in [1.54, 1.807) is 4.90 Å². The Labute approximate surface area is 121 Å². The molecule has 6 nitrogen and oxygen atoms in total. The van der Waals surface area contributed by atoms with Crippen LogP contribution in [0.3, 0.4) is 0 Å². The van der Waals surface area contributed by atoms with Crippen molar-refractivity contribution in [2.75, 3.05) is 50.8 Å². The number of nitrogen functional groups attached to an aromatic ring is 1. The summed E-state index contributed by atoms with van der Waals surface area (Å²) in [6.07, 6.45) is -4.47. The van der Waals surface area contributed by atoms with E-state index in [1.807, 2.05) is 0 Å². The summed E-state index contributed by atoms with van der Waals surface area (Å²) in [5.41, 5.74) is 1.33. The van der Waals surface area contributed by atoms with Gasteiger partial charge in [-0.1, -0.05) is 0 Å². The summed E-state index contributed by atoms with van der Waals surface area (Å²) in [5, 5.41) is 0. The molecule has 0 saturated carbocycles. The molecule has 21 heavy (non-hydrogen) atoms. The molecule has 0 aliphatic carbocycles. The maximum absolute atomic E-state index is 12.9. The summed E-state index contributed by atoms with van der Waals surface area (Å²) in [6, 6.07) is 1.83. The number of hydrazine groups is 1. The summed E-state index contributed by atoms with van der Waals surface area (Å²) in [6.45, 7) is 1.48. The fraction of sp³-hybridized carbons (Fsp3) is 0.583. The number of ether oxygens (including phenoxy) is 2. The van der Waals surface area contributed by atoms with E-state index in [2.05, 4.69) is 10.4 Å². The van der Waals surface area contributed by atoms with E-state index < -0.39 is 11.7 Å². The molecule has 0 amide bonds. The molecular weight excluding hydrogens is 289 g/mol. The SMILES string of the molecule is COCCN(CCOC)c1cc(C(F)(F)F)cc(NN)n1. The van der Waals surface area contributed by atoms with Gasteiger partial charge in [0.25, 0.3) is 0 Å². The fourth-order valence-electron chi connectivity index (χ4n) is 1.66. The number of nitrogens with zero attached hydrogens (tertiary/aromatic N) is 2. The second kappa shape index (κ2) is 8.01. The Kier molecular flexibility index (Phi) is 6.66. The zero-order valence-corrected chi connectivity index (χ0v) is 11.9. The lowest BCUT2D eigenvalue weighted by Gasteiger charge is -2.24. The minimum atomic E-state index is -4.47. The highest BCUT2D eigenvalue weighted by molar-refractivity contribution is 5.51. The highest BCUT2D eigenvalue weighted by atomic mass is 19.4. The first-order valence-electron chi connectivity index (χ1n) is 6.21. The zero-order chi connectivity index (χ0) is 15.9. The van der Waals surface area contributed by atoms with Crippen molar-refractivity contribution in [1.29, 1.82) is 0 Å². The Morgan fingerprint density at radius 1 is 1.19 bits per heavy atom. The van der Waals surface area contributed by atoms with Crippen molar-refractivity contribution in [2.45, 2.75) is 6.18 Å². The number of anilines is 2. The molecule has 0 aliphatic heterocycles. The van der Waals surface area contributed by atoms with Gasteiger partial charge in [0.2, 0.25) is 0 Å². The molecule has 1 aromatic rings.